The van der Waals surface area contributed by atoms with Crippen molar-refractivity contribution in [3.63, 3.8) is 0 Å². The van der Waals surface area contributed by atoms with E-state index in [1.807, 2.05) is 24.3 Å². The van der Waals surface area contributed by atoms with Crippen LogP contribution in [0.4, 0.5) is 11.6 Å². The van der Waals surface area contributed by atoms with Gasteiger partial charge in [-0.1, -0.05) is 12.1 Å². The number of nitrogens with zero attached hydrogens (tertiary/aromatic N) is 3. The summed E-state index contributed by atoms with van der Waals surface area (Å²) in [5.74, 6) is 0.551. The molecular weight excluding hydrogens is 280 g/mol. The van der Waals surface area contributed by atoms with Gasteiger partial charge in [-0.3, -0.25) is 5.10 Å². The third kappa shape index (κ3) is 3.15. The van der Waals surface area contributed by atoms with Crippen LogP contribution in [0.3, 0.4) is 0 Å². The lowest BCUT2D eigenvalue weighted by Crippen LogP contribution is -2.10. The number of fused-ring (bicyclic) bond motifs is 1. The van der Waals surface area contributed by atoms with Gasteiger partial charge in [0.1, 0.15) is 0 Å². The Bertz CT molecular complexity index is 752. The number of nitrogen functional groups attached to an aromatic ring is 1. The van der Waals surface area contributed by atoms with Gasteiger partial charge in [0, 0.05) is 32.0 Å². The van der Waals surface area contributed by atoms with Gasteiger partial charge in [-0.25, -0.2) is 4.98 Å². The predicted molar refractivity (Wildman–Crippen MR) is 85.7 cm³/mol. The number of nitrogens with one attached hydrogen (secondary N) is 2. The minimum atomic E-state index is 0.551. The summed E-state index contributed by atoms with van der Waals surface area (Å²) in [6.45, 7) is 1.26. The molecule has 0 fully saturated rings. The standard InChI is InChI=1S/C15H18N6O/c1-22-7-6-17-15-18-9-12-13(20-21-14(12)19-15)8-10-2-4-11(16)5-3-10/h2-5,9H,6-8,16H2,1H3,(H2,17,18,19,20,21). The van der Waals surface area contributed by atoms with E-state index < -0.39 is 0 Å². The minimum absolute atomic E-state index is 0.551. The van der Waals surface area contributed by atoms with Crippen LogP contribution in [0.5, 0.6) is 0 Å². The number of H-pyrrole nitrogens is 1. The van der Waals surface area contributed by atoms with Crippen LogP contribution < -0.4 is 11.1 Å². The van der Waals surface area contributed by atoms with Crippen molar-refractivity contribution in [1.29, 1.82) is 0 Å². The van der Waals surface area contributed by atoms with Crippen molar-refractivity contribution in [2.24, 2.45) is 0 Å². The maximum absolute atomic E-state index is 5.70. The van der Waals surface area contributed by atoms with E-state index in [1.54, 1.807) is 13.3 Å². The van der Waals surface area contributed by atoms with Gasteiger partial charge in [-0.15, -0.1) is 0 Å². The Hall–Kier alpha value is -2.67. The molecule has 0 spiro atoms. The number of aromatic nitrogens is 4. The van der Waals surface area contributed by atoms with Gasteiger partial charge in [0.25, 0.3) is 0 Å². The molecule has 3 rings (SSSR count). The van der Waals surface area contributed by atoms with E-state index in [4.69, 9.17) is 10.5 Å². The van der Waals surface area contributed by atoms with Gasteiger partial charge in [0.15, 0.2) is 5.65 Å². The molecule has 2 heterocycles. The second-order valence-electron chi connectivity index (χ2n) is 4.97. The van der Waals surface area contributed by atoms with Crippen LogP contribution in [-0.4, -0.2) is 40.4 Å². The van der Waals surface area contributed by atoms with Crippen LogP contribution in [0.1, 0.15) is 11.3 Å². The molecule has 0 saturated carbocycles. The quantitative estimate of drug-likeness (QED) is 0.472. The third-order valence-electron chi connectivity index (χ3n) is 3.34. The summed E-state index contributed by atoms with van der Waals surface area (Å²) in [6, 6.07) is 7.79. The lowest BCUT2D eigenvalue weighted by molar-refractivity contribution is 0.210. The first kappa shape index (κ1) is 14.3. The average molecular weight is 298 g/mol. The highest BCUT2D eigenvalue weighted by atomic mass is 16.5. The topological polar surface area (TPSA) is 102 Å². The summed E-state index contributed by atoms with van der Waals surface area (Å²) in [6.07, 6.45) is 2.52. The van der Waals surface area contributed by atoms with E-state index in [-0.39, 0.29) is 0 Å². The van der Waals surface area contributed by atoms with E-state index in [9.17, 15) is 0 Å². The molecule has 4 N–H and O–H groups in total. The highest BCUT2D eigenvalue weighted by Crippen LogP contribution is 2.18. The van der Waals surface area contributed by atoms with Crippen LogP contribution in [-0.2, 0) is 11.2 Å². The van der Waals surface area contributed by atoms with Crippen LogP contribution in [0.25, 0.3) is 11.0 Å². The highest BCUT2D eigenvalue weighted by Gasteiger charge is 2.09. The normalized spacial score (nSPS) is 11.0. The first-order valence-electron chi connectivity index (χ1n) is 7.03. The molecular formula is C15H18N6O. The molecule has 22 heavy (non-hydrogen) atoms. The largest absolute Gasteiger partial charge is 0.399 e. The number of nitrogens with two attached hydrogens (primary N) is 1. The molecule has 0 amide bonds. The van der Waals surface area contributed by atoms with Crippen molar-refractivity contribution in [3.8, 4) is 0 Å². The second kappa shape index (κ2) is 6.40. The maximum Gasteiger partial charge on any atom is 0.224 e. The van der Waals surface area contributed by atoms with Crippen molar-refractivity contribution >= 4 is 22.7 Å². The molecule has 7 nitrogen and oxygen atoms in total. The molecule has 0 aliphatic carbocycles. The Kier molecular flexibility index (Phi) is 4.15. The molecule has 0 atom stereocenters. The molecule has 114 valence electrons. The minimum Gasteiger partial charge on any atom is -0.399 e. The summed E-state index contributed by atoms with van der Waals surface area (Å²) in [5, 5.41) is 11.3. The summed E-state index contributed by atoms with van der Waals surface area (Å²) in [7, 11) is 1.66. The van der Waals surface area contributed by atoms with Crippen molar-refractivity contribution < 1.29 is 4.74 Å². The number of aromatic amines is 1. The van der Waals surface area contributed by atoms with Gasteiger partial charge in [0.2, 0.25) is 5.95 Å². The van der Waals surface area contributed by atoms with Crippen LogP contribution >= 0.6 is 0 Å². The number of anilines is 2. The summed E-state index contributed by atoms with van der Waals surface area (Å²) in [4.78, 5) is 8.69. The van der Waals surface area contributed by atoms with E-state index in [0.717, 1.165) is 28.8 Å². The fourth-order valence-corrected chi connectivity index (χ4v) is 2.18. The molecule has 0 radical (unpaired) electrons. The maximum atomic E-state index is 5.70. The fourth-order valence-electron chi connectivity index (χ4n) is 2.18. The SMILES string of the molecule is COCCNc1ncc2c(Cc3ccc(N)cc3)[nH]nc2n1. The monoisotopic (exact) mass is 298 g/mol. The zero-order valence-corrected chi connectivity index (χ0v) is 12.3. The molecule has 1 aromatic carbocycles. The lowest BCUT2D eigenvalue weighted by atomic mass is 10.1. The third-order valence-corrected chi connectivity index (χ3v) is 3.34. The van der Waals surface area contributed by atoms with Gasteiger partial charge in [-0.05, 0) is 17.7 Å². The number of ether oxygens (including phenoxy) is 1. The Balaban J connectivity index is 1.78. The van der Waals surface area contributed by atoms with Crippen molar-refractivity contribution in [1.82, 2.24) is 20.2 Å². The smallest absolute Gasteiger partial charge is 0.224 e. The van der Waals surface area contributed by atoms with Crippen LogP contribution in [0.2, 0.25) is 0 Å². The lowest BCUT2D eigenvalue weighted by Gasteiger charge is -2.03. The zero-order chi connectivity index (χ0) is 15.4. The average Bonchev–Trinajstić information content (AvgIpc) is 2.92. The van der Waals surface area contributed by atoms with Crippen LogP contribution in [0.15, 0.2) is 30.5 Å². The Labute approximate surface area is 127 Å². The molecule has 0 bridgehead atoms. The number of rotatable bonds is 6. The van der Waals surface area contributed by atoms with E-state index in [1.165, 1.54) is 0 Å². The molecule has 0 unspecified atom stereocenters. The summed E-state index contributed by atoms with van der Waals surface area (Å²) < 4.78 is 4.98. The summed E-state index contributed by atoms with van der Waals surface area (Å²) >= 11 is 0. The number of methoxy groups -OCH3 is 1. The number of hydrogen-bond acceptors (Lipinski definition) is 6. The molecule has 3 aromatic rings. The van der Waals surface area contributed by atoms with E-state index in [0.29, 0.717) is 24.7 Å². The highest BCUT2D eigenvalue weighted by molar-refractivity contribution is 5.78. The number of benzene rings is 1. The molecule has 0 saturated heterocycles. The first-order chi connectivity index (χ1) is 10.8. The summed E-state index contributed by atoms with van der Waals surface area (Å²) in [5.41, 5.74) is 9.26. The van der Waals surface area contributed by atoms with Crippen molar-refractivity contribution in [2.45, 2.75) is 6.42 Å². The van der Waals surface area contributed by atoms with Crippen molar-refractivity contribution in [3.05, 3.63) is 41.7 Å². The van der Waals surface area contributed by atoms with Crippen molar-refractivity contribution in [2.75, 3.05) is 31.3 Å². The van der Waals surface area contributed by atoms with Gasteiger partial charge in [-0.2, -0.15) is 10.1 Å². The second-order valence-corrected chi connectivity index (χ2v) is 4.97. The molecule has 2 aromatic heterocycles. The number of hydrogen-bond donors (Lipinski definition) is 3. The van der Waals surface area contributed by atoms with Crippen LogP contribution in [0, 0.1) is 0 Å². The Morgan fingerprint density at radius 2 is 2.09 bits per heavy atom. The molecule has 7 heteroatoms. The van der Waals surface area contributed by atoms with Gasteiger partial charge >= 0.3 is 0 Å². The van der Waals surface area contributed by atoms with E-state index >= 15 is 0 Å². The fraction of sp³-hybridized carbons (Fsp3) is 0.267. The Morgan fingerprint density at radius 1 is 1.27 bits per heavy atom. The molecule has 0 aliphatic heterocycles. The predicted octanol–water partition coefficient (Wildman–Crippen LogP) is 1.58. The molecule has 0 aliphatic rings. The Morgan fingerprint density at radius 3 is 2.86 bits per heavy atom. The zero-order valence-electron chi connectivity index (χ0n) is 12.3. The van der Waals surface area contributed by atoms with Gasteiger partial charge in [0.05, 0.1) is 17.7 Å². The van der Waals surface area contributed by atoms with E-state index in [2.05, 4.69) is 25.5 Å². The van der Waals surface area contributed by atoms with Gasteiger partial charge < -0.3 is 15.8 Å². The first-order valence-corrected chi connectivity index (χ1v) is 7.03.